The summed E-state index contributed by atoms with van der Waals surface area (Å²) in [5.41, 5.74) is 2.45. The SMILES string of the molecule is CCCC(NC(=O)c1ccc(-c2nc(C)no2)cc1)C(=O)N1CCc2sccc2C1. The Kier molecular flexibility index (Phi) is 5.94. The highest BCUT2D eigenvalue weighted by molar-refractivity contribution is 7.10. The van der Waals surface area contributed by atoms with Gasteiger partial charge in [-0.3, -0.25) is 9.59 Å². The summed E-state index contributed by atoms with van der Waals surface area (Å²) < 4.78 is 5.15. The van der Waals surface area contributed by atoms with E-state index in [-0.39, 0.29) is 11.8 Å². The third-order valence-electron chi connectivity index (χ3n) is 5.22. The first-order chi connectivity index (χ1) is 14.5. The number of thiophene rings is 1. The van der Waals surface area contributed by atoms with E-state index in [0.29, 0.717) is 36.8 Å². The molecule has 0 radical (unpaired) electrons. The highest BCUT2D eigenvalue weighted by atomic mass is 32.1. The number of nitrogens with one attached hydrogen (secondary N) is 1. The Morgan fingerprint density at radius 1 is 1.27 bits per heavy atom. The van der Waals surface area contributed by atoms with Gasteiger partial charge >= 0.3 is 0 Å². The van der Waals surface area contributed by atoms with Crippen LogP contribution in [-0.2, 0) is 17.8 Å². The van der Waals surface area contributed by atoms with Crippen molar-refractivity contribution in [2.24, 2.45) is 0 Å². The van der Waals surface area contributed by atoms with Crippen LogP contribution in [0.5, 0.6) is 0 Å². The van der Waals surface area contributed by atoms with Crippen LogP contribution < -0.4 is 5.32 Å². The zero-order valence-corrected chi connectivity index (χ0v) is 17.9. The molecule has 3 heterocycles. The summed E-state index contributed by atoms with van der Waals surface area (Å²) in [6.45, 7) is 5.08. The van der Waals surface area contributed by atoms with Crippen LogP contribution in [0.4, 0.5) is 0 Å². The minimum absolute atomic E-state index is 0.0139. The van der Waals surface area contributed by atoms with Crippen molar-refractivity contribution < 1.29 is 14.1 Å². The van der Waals surface area contributed by atoms with Crippen molar-refractivity contribution in [1.29, 1.82) is 0 Å². The van der Waals surface area contributed by atoms with E-state index >= 15 is 0 Å². The van der Waals surface area contributed by atoms with E-state index in [9.17, 15) is 9.59 Å². The molecule has 4 rings (SSSR count). The van der Waals surface area contributed by atoms with E-state index in [1.807, 2.05) is 11.8 Å². The fourth-order valence-electron chi connectivity index (χ4n) is 3.62. The monoisotopic (exact) mass is 424 g/mol. The van der Waals surface area contributed by atoms with Gasteiger partial charge in [0.1, 0.15) is 6.04 Å². The Hall–Kier alpha value is -3.00. The zero-order valence-electron chi connectivity index (χ0n) is 17.1. The highest BCUT2D eigenvalue weighted by Crippen LogP contribution is 2.25. The Morgan fingerprint density at radius 3 is 2.77 bits per heavy atom. The molecule has 156 valence electrons. The number of rotatable bonds is 6. The lowest BCUT2D eigenvalue weighted by Crippen LogP contribution is -2.49. The van der Waals surface area contributed by atoms with Gasteiger partial charge in [0, 0.05) is 29.1 Å². The average Bonchev–Trinajstić information content (AvgIpc) is 3.41. The summed E-state index contributed by atoms with van der Waals surface area (Å²) in [7, 11) is 0. The van der Waals surface area contributed by atoms with E-state index in [0.717, 1.165) is 18.4 Å². The molecule has 0 saturated heterocycles. The molecule has 0 bridgehead atoms. The molecule has 1 atom stereocenters. The van der Waals surface area contributed by atoms with Gasteiger partial charge in [0.05, 0.1) is 0 Å². The second kappa shape index (κ2) is 8.79. The van der Waals surface area contributed by atoms with E-state index in [2.05, 4.69) is 26.9 Å². The largest absolute Gasteiger partial charge is 0.340 e. The minimum Gasteiger partial charge on any atom is -0.340 e. The smallest absolute Gasteiger partial charge is 0.257 e. The molecule has 1 aromatic carbocycles. The Balaban J connectivity index is 1.43. The van der Waals surface area contributed by atoms with Crippen LogP contribution >= 0.6 is 11.3 Å². The second-order valence-corrected chi connectivity index (χ2v) is 8.42. The number of aromatic nitrogens is 2. The first-order valence-corrected chi connectivity index (χ1v) is 11.0. The Labute approximate surface area is 179 Å². The lowest BCUT2D eigenvalue weighted by Gasteiger charge is -2.31. The number of amides is 2. The Morgan fingerprint density at radius 2 is 2.07 bits per heavy atom. The van der Waals surface area contributed by atoms with Gasteiger partial charge in [0.15, 0.2) is 5.82 Å². The minimum atomic E-state index is -0.527. The third kappa shape index (κ3) is 4.28. The summed E-state index contributed by atoms with van der Waals surface area (Å²) in [4.78, 5) is 33.3. The molecule has 7 nitrogen and oxygen atoms in total. The van der Waals surface area contributed by atoms with E-state index < -0.39 is 6.04 Å². The lowest BCUT2D eigenvalue weighted by atomic mass is 10.1. The number of benzene rings is 1. The molecule has 3 aromatic rings. The maximum Gasteiger partial charge on any atom is 0.257 e. The van der Waals surface area contributed by atoms with E-state index in [1.54, 1.807) is 42.5 Å². The first kappa shape index (κ1) is 20.3. The van der Waals surface area contributed by atoms with Gasteiger partial charge in [-0.25, -0.2) is 0 Å². The normalized spacial score (nSPS) is 14.3. The van der Waals surface area contributed by atoms with Gasteiger partial charge < -0.3 is 14.7 Å². The van der Waals surface area contributed by atoms with Crippen molar-refractivity contribution in [1.82, 2.24) is 20.4 Å². The van der Waals surface area contributed by atoms with Gasteiger partial charge in [0.2, 0.25) is 5.91 Å². The van der Waals surface area contributed by atoms with Crippen molar-refractivity contribution in [3.05, 3.63) is 57.5 Å². The number of carbonyl (C=O) groups excluding carboxylic acids is 2. The van der Waals surface area contributed by atoms with Crippen molar-refractivity contribution in [3.63, 3.8) is 0 Å². The van der Waals surface area contributed by atoms with Crippen LogP contribution in [0, 0.1) is 6.92 Å². The summed E-state index contributed by atoms with van der Waals surface area (Å²) in [6.07, 6.45) is 2.29. The van der Waals surface area contributed by atoms with Gasteiger partial charge in [-0.05, 0) is 61.0 Å². The van der Waals surface area contributed by atoms with E-state index in [1.165, 1.54) is 10.4 Å². The molecule has 0 spiro atoms. The molecule has 2 aromatic heterocycles. The second-order valence-electron chi connectivity index (χ2n) is 7.42. The lowest BCUT2D eigenvalue weighted by molar-refractivity contribution is -0.134. The first-order valence-electron chi connectivity index (χ1n) is 10.1. The number of carbonyl (C=O) groups is 2. The molecule has 0 saturated carbocycles. The summed E-state index contributed by atoms with van der Waals surface area (Å²) >= 11 is 1.74. The molecule has 1 unspecified atom stereocenters. The fourth-order valence-corrected chi connectivity index (χ4v) is 4.51. The molecule has 1 aliphatic rings. The molecular formula is C22H24N4O3S. The Bertz CT molecular complexity index is 1040. The van der Waals surface area contributed by atoms with Crippen LogP contribution in [0.25, 0.3) is 11.5 Å². The summed E-state index contributed by atoms with van der Waals surface area (Å²) in [6, 6.07) is 8.50. The quantitative estimate of drug-likeness (QED) is 0.653. The molecule has 8 heteroatoms. The van der Waals surface area contributed by atoms with Crippen LogP contribution in [-0.4, -0.2) is 39.4 Å². The van der Waals surface area contributed by atoms with Crippen molar-refractivity contribution in [2.75, 3.05) is 6.54 Å². The number of fused-ring (bicyclic) bond motifs is 1. The van der Waals surface area contributed by atoms with Crippen LogP contribution in [0.2, 0.25) is 0 Å². The predicted octanol–water partition coefficient (Wildman–Crippen LogP) is 3.59. The summed E-state index contributed by atoms with van der Waals surface area (Å²) in [5.74, 6) is 0.694. The highest BCUT2D eigenvalue weighted by Gasteiger charge is 2.28. The number of aryl methyl sites for hydroxylation is 1. The van der Waals surface area contributed by atoms with Crippen molar-refractivity contribution in [2.45, 2.75) is 45.7 Å². The zero-order chi connectivity index (χ0) is 21.1. The van der Waals surface area contributed by atoms with Gasteiger partial charge in [-0.15, -0.1) is 11.3 Å². The van der Waals surface area contributed by atoms with E-state index in [4.69, 9.17) is 4.52 Å². The molecule has 0 aliphatic carbocycles. The van der Waals surface area contributed by atoms with Gasteiger partial charge in [0.25, 0.3) is 11.8 Å². The predicted molar refractivity (Wildman–Crippen MR) is 114 cm³/mol. The van der Waals surface area contributed by atoms with Crippen molar-refractivity contribution >= 4 is 23.2 Å². The van der Waals surface area contributed by atoms with Crippen LogP contribution in [0.1, 0.15) is 46.4 Å². The number of hydrogen-bond donors (Lipinski definition) is 1. The average molecular weight is 425 g/mol. The topological polar surface area (TPSA) is 88.3 Å². The molecular weight excluding hydrogens is 400 g/mol. The summed E-state index contributed by atoms with van der Waals surface area (Å²) in [5, 5.41) is 8.78. The maximum absolute atomic E-state index is 13.1. The van der Waals surface area contributed by atoms with Crippen molar-refractivity contribution in [3.8, 4) is 11.5 Å². The van der Waals surface area contributed by atoms with Gasteiger partial charge in [-0.2, -0.15) is 4.98 Å². The molecule has 1 aliphatic heterocycles. The van der Waals surface area contributed by atoms with Crippen LogP contribution in [0.3, 0.4) is 0 Å². The van der Waals surface area contributed by atoms with Gasteiger partial charge in [-0.1, -0.05) is 18.5 Å². The standard InChI is InChI=1S/C22H24N4O3S/c1-3-4-18(22(28)26-11-9-19-17(13-26)10-12-30-19)24-20(27)15-5-7-16(8-6-15)21-23-14(2)25-29-21/h5-8,10,12,18H,3-4,9,11,13H2,1-2H3,(H,24,27). The number of hydrogen-bond acceptors (Lipinski definition) is 6. The molecule has 2 amide bonds. The fraction of sp³-hybridized carbons (Fsp3) is 0.364. The molecule has 30 heavy (non-hydrogen) atoms. The third-order valence-corrected chi connectivity index (χ3v) is 6.24. The number of nitrogens with zero attached hydrogens (tertiary/aromatic N) is 3. The molecule has 0 fully saturated rings. The molecule has 1 N–H and O–H groups in total. The maximum atomic E-state index is 13.1. The van der Waals surface area contributed by atoms with Crippen LogP contribution in [0.15, 0.2) is 40.2 Å².